The van der Waals surface area contributed by atoms with E-state index >= 15 is 0 Å². The van der Waals surface area contributed by atoms with Crippen molar-refractivity contribution >= 4 is 43.8 Å². The molecule has 5 heteroatoms. The van der Waals surface area contributed by atoms with Crippen molar-refractivity contribution in [3.8, 4) is 0 Å². The first-order chi connectivity index (χ1) is 4.57. The quantitative estimate of drug-likeness (QED) is 0.432. The largest absolute Gasteiger partial charge is 0.392 e. The van der Waals surface area contributed by atoms with E-state index < -0.39 is 16.8 Å². The lowest BCUT2D eigenvalue weighted by atomic mass is 10.5. The molecule has 10 heavy (non-hydrogen) atoms. The van der Waals surface area contributed by atoms with E-state index in [1.54, 1.807) is 6.92 Å². The number of hydrogen-bond donors (Lipinski definition) is 0. The van der Waals surface area contributed by atoms with Crippen LogP contribution < -0.4 is 0 Å². The highest BCUT2D eigenvalue weighted by Gasteiger charge is 2.13. The summed E-state index contributed by atoms with van der Waals surface area (Å²) in [5.74, 6) is -1.14. The van der Waals surface area contributed by atoms with Gasteiger partial charge in [-0.05, 0) is 6.92 Å². The van der Waals surface area contributed by atoms with E-state index in [1.807, 2.05) is 0 Å². The average molecular weight is 274 g/mol. The molecule has 0 bridgehead atoms. The molecule has 0 spiro atoms. The first-order valence-corrected chi connectivity index (χ1v) is 4.56. The molecule has 3 nitrogen and oxygen atoms in total. The third-order valence-electron chi connectivity index (χ3n) is 0.648. The normalized spacial score (nSPS) is 12.3. The zero-order valence-corrected chi connectivity index (χ0v) is 8.44. The Kier molecular flexibility index (Phi) is 4.89. The van der Waals surface area contributed by atoms with Crippen LogP contribution in [0.15, 0.2) is 0 Å². The van der Waals surface area contributed by atoms with Crippen molar-refractivity contribution in [3.63, 3.8) is 0 Å². The van der Waals surface area contributed by atoms with E-state index in [0.717, 1.165) is 0 Å². The van der Waals surface area contributed by atoms with Crippen LogP contribution in [0.1, 0.15) is 6.92 Å². The fourth-order valence-corrected chi connectivity index (χ4v) is 0.429. The first kappa shape index (κ1) is 10.1. The summed E-state index contributed by atoms with van der Waals surface area (Å²) >= 11 is 5.81. The van der Waals surface area contributed by atoms with Crippen molar-refractivity contribution in [1.82, 2.24) is 0 Å². The summed E-state index contributed by atoms with van der Waals surface area (Å²) in [5, 5.41) is 0.0401. The van der Waals surface area contributed by atoms with Gasteiger partial charge in [-0.15, -0.1) is 0 Å². The van der Waals surface area contributed by atoms with Gasteiger partial charge in [-0.2, -0.15) is 0 Å². The lowest BCUT2D eigenvalue weighted by Gasteiger charge is -2.00. The van der Waals surface area contributed by atoms with Gasteiger partial charge in [0.15, 0.2) is 0 Å². The fraction of sp³-hybridized carbons (Fsp3) is 0.600. The summed E-state index contributed by atoms with van der Waals surface area (Å²) in [5.41, 5.74) is 0. The Morgan fingerprint density at radius 2 is 2.10 bits per heavy atom. The van der Waals surface area contributed by atoms with E-state index in [2.05, 4.69) is 36.6 Å². The second kappa shape index (κ2) is 4.85. The van der Waals surface area contributed by atoms with Crippen LogP contribution >= 0.6 is 31.9 Å². The molecule has 0 aliphatic heterocycles. The van der Waals surface area contributed by atoms with Gasteiger partial charge < -0.3 is 4.74 Å². The van der Waals surface area contributed by atoms with Gasteiger partial charge in [0.05, 0.1) is 0 Å². The molecule has 0 amide bonds. The molecule has 0 saturated carbocycles. The van der Waals surface area contributed by atoms with Crippen LogP contribution in [0.4, 0.5) is 0 Å². The third kappa shape index (κ3) is 4.00. The zero-order chi connectivity index (χ0) is 8.15. The fourth-order valence-electron chi connectivity index (χ4n) is 0.221. The standard InChI is InChI=1S/C5H6Br2O3/c1-3(7)5(9)10-4(8)2-6/h3H,2H2,1H3. The second-order valence-corrected chi connectivity index (χ2v) is 3.48. The molecule has 0 aliphatic carbocycles. The van der Waals surface area contributed by atoms with Crippen LogP contribution in [0.25, 0.3) is 0 Å². The minimum atomic E-state index is -0.573. The first-order valence-electron chi connectivity index (χ1n) is 2.52. The van der Waals surface area contributed by atoms with Gasteiger partial charge in [-0.3, -0.25) is 9.59 Å². The van der Waals surface area contributed by atoms with Crippen LogP contribution in [0.5, 0.6) is 0 Å². The van der Waals surface area contributed by atoms with Crippen LogP contribution in [0.2, 0.25) is 0 Å². The van der Waals surface area contributed by atoms with Gasteiger partial charge in [0.1, 0.15) is 10.2 Å². The Hall–Kier alpha value is 0.1000. The second-order valence-electron chi connectivity index (χ2n) is 1.54. The number of alkyl halides is 2. The molecule has 0 N–H and O–H groups in total. The molecule has 0 aromatic heterocycles. The van der Waals surface area contributed by atoms with Gasteiger partial charge in [-0.25, -0.2) is 0 Å². The van der Waals surface area contributed by atoms with Crippen molar-refractivity contribution in [2.45, 2.75) is 11.8 Å². The molecule has 0 rings (SSSR count). The maximum atomic E-state index is 10.6. The molecule has 0 saturated heterocycles. The van der Waals surface area contributed by atoms with Crippen molar-refractivity contribution in [3.05, 3.63) is 0 Å². The lowest BCUT2D eigenvalue weighted by Crippen LogP contribution is -2.19. The van der Waals surface area contributed by atoms with Gasteiger partial charge in [0.2, 0.25) is 0 Å². The molecule has 0 aromatic rings. The van der Waals surface area contributed by atoms with Gasteiger partial charge in [-0.1, -0.05) is 31.9 Å². The van der Waals surface area contributed by atoms with Crippen LogP contribution in [0, 0.1) is 0 Å². The molecular formula is C5H6Br2O3. The minimum Gasteiger partial charge on any atom is -0.392 e. The summed E-state index contributed by atoms with van der Waals surface area (Å²) in [6.45, 7) is 1.59. The topological polar surface area (TPSA) is 43.4 Å². The van der Waals surface area contributed by atoms with Gasteiger partial charge >= 0.3 is 11.9 Å². The maximum absolute atomic E-state index is 10.6. The summed E-state index contributed by atoms with van der Waals surface area (Å²) < 4.78 is 4.29. The SMILES string of the molecule is CC(Br)C(=O)OC(=O)CBr. The van der Waals surface area contributed by atoms with Crippen molar-refractivity contribution in [1.29, 1.82) is 0 Å². The predicted octanol–water partition coefficient (Wildman–Crippen LogP) is 1.23. The molecule has 1 unspecified atom stereocenters. The van der Waals surface area contributed by atoms with E-state index in [-0.39, 0.29) is 5.33 Å². The molecule has 0 aromatic carbocycles. The molecular weight excluding hydrogens is 268 g/mol. The van der Waals surface area contributed by atoms with Crippen LogP contribution in [0.3, 0.4) is 0 Å². The van der Waals surface area contributed by atoms with E-state index in [9.17, 15) is 9.59 Å². The highest BCUT2D eigenvalue weighted by atomic mass is 79.9. The van der Waals surface area contributed by atoms with Crippen molar-refractivity contribution < 1.29 is 14.3 Å². The lowest BCUT2D eigenvalue weighted by molar-refractivity contribution is -0.156. The van der Waals surface area contributed by atoms with Crippen molar-refractivity contribution in [2.75, 3.05) is 5.33 Å². The number of esters is 2. The summed E-state index contributed by atoms with van der Waals surface area (Å²) in [6.07, 6.45) is 0. The van der Waals surface area contributed by atoms with Crippen LogP contribution in [-0.4, -0.2) is 22.1 Å². The zero-order valence-electron chi connectivity index (χ0n) is 5.27. The smallest absolute Gasteiger partial charge is 0.327 e. The van der Waals surface area contributed by atoms with Gasteiger partial charge in [0, 0.05) is 0 Å². The summed E-state index contributed by atoms with van der Waals surface area (Å²) in [7, 11) is 0. The maximum Gasteiger partial charge on any atom is 0.327 e. The molecule has 0 fully saturated rings. The molecule has 58 valence electrons. The number of carbonyl (C=O) groups excluding carboxylic acids is 2. The molecule has 0 radical (unpaired) electrons. The number of rotatable bonds is 2. The van der Waals surface area contributed by atoms with E-state index in [0.29, 0.717) is 0 Å². The Balaban J connectivity index is 3.69. The monoisotopic (exact) mass is 272 g/mol. The minimum absolute atomic E-state index is 0.0401. The predicted molar refractivity (Wildman–Crippen MR) is 43.3 cm³/mol. The summed E-state index contributed by atoms with van der Waals surface area (Å²) in [6, 6.07) is 0. The number of carbonyl (C=O) groups is 2. The summed E-state index contributed by atoms with van der Waals surface area (Å²) in [4.78, 5) is 20.6. The van der Waals surface area contributed by atoms with Crippen molar-refractivity contribution in [2.24, 2.45) is 0 Å². The van der Waals surface area contributed by atoms with E-state index in [1.165, 1.54) is 0 Å². The third-order valence-corrected chi connectivity index (χ3v) is 1.48. The highest BCUT2D eigenvalue weighted by Crippen LogP contribution is 2.00. The average Bonchev–Trinajstić information content (AvgIpc) is 1.87. The molecule has 0 aliphatic rings. The Morgan fingerprint density at radius 3 is 2.40 bits per heavy atom. The molecule has 0 heterocycles. The Morgan fingerprint density at radius 1 is 1.60 bits per heavy atom. The highest BCUT2D eigenvalue weighted by molar-refractivity contribution is 9.10. The van der Waals surface area contributed by atoms with Crippen LogP contribution in [-0.2, 0) is 14.3 Å². The van der Waals surface area contributed by atoms with Gasteiger partial charge in [0.25, 0.3) is 0 Å². The number of halogens is 2. The Bertz CT molecular complexity index is 144. The number of ether oxygens (including phenoxy) is 1. The number of hydrogen-bond acceptors (Lipinski definition) is 3. The van der Waals surface area contributed by atoms with E-state index in [4.69, 9.17) is 0 Å². The molecule has 1 atom stereocenters. The Labute approximate surface area is 75.4 Å².